The van der Waals surface area contributed by atoms with Crippen molar-refractivity contribution in [2.45, 2.75) is 11.3 Å². The van der Waals surface area contributed by atoms with E-state index >= 15 is 0 Å². The lowest BCUT2D eigenvalue weighted by Crippen LogP contribution is -2.26. The predicted octanol–water partition coefficient (Wildman–Crippen LogP) is 4.33. The summed E-state index contributed by atoms with van der Waals surface area (Å²) in [4.78, 5) is 12.5. The standard InChI is InChI=1S/C23H22ClNO6S/c1-25(32(27,28)21-12-5-17(24)6-13-21)18-7-10-19(11-8-18)31-23(26)14-16-4-9-20(29-2)15-22(16)30-3/h4-13,15H,14H2,1-3H3. The molecule has 0 fully saturated rings. The number of anilines is 1. The van der Waals surface area contributed by atoms with Crippen LogP contribution in [0, 0.1) is 0 Å². The zero-order valence-electron chi connectivity index (χ0n) is 17.7. The van der Waals surface area contributed by atoms with Gasteiger partial charge in [-0.1, -0.05) is 17.7 Å². The minimum Gasteiger partial charge on any atom is -0.497 e. The summed E-state index contributed by atoms with van der Waals surface area (Å²) in [6.07, 6.45) is -0.000230. The van der Waals surface area contributed by atoms with Crippen molar-refractivity contribution in [2.75, 3.05) is 25.6 Å². The molecule has 0 heterocycles. The minimum absolute atomic E-state index is 0.000230. The summed E-state index contributed by atoms with van der Waals surface area (Å²) in [5.41, 5.74) is 1.07. The van der Waals surface area contributed by atoms with Gasteiger partial charge in [-0.3, -0.25) is 9.10 Å². The van der Waals surface area contributed by atoms with Gasteiger partial charge in [0.25, 0.3) is 10.0 Å². The smallest absolute Gasteiger partial charge is 0.315 e. The number of ether oxygens (including phenoxy) is 3. The Bertz CT molecular complexity index is 1190. The lowest BCUT2D eigenvalue weighted by molar-refractivity contribution is -0.133. The molecular formula is C23H22ClNO6S. The number of methoxy groups -OCH3 is 2. The van der Waals surface area contributed by atoms with Crippen LogP contribution in [0.25, 0.3) is 0 Å². The van der Waals surface area contributed by atoms with Crippen LogP contribution in [0.5, 0.6) is 17.2 Å². The Morgan fingerprint density at radius 2 is 1.53 bits per heavy atom. The van der Waals surface area contributed by atoms with Gasteiger partial charge in [-0.15, -0.1) is 0 Å². The second kappa shape index (κ2) is 9.93. The Labute approximate surface area is 192 Å². The molecule has 0 aliphatic rings. The van der Waals surface area contributed by atoms with E-state index in [0.29, 0.717) is 33.5 Å². The highest BCUT2D eigenvalue weighted by atomic mass is 35.5. The molecule has 0 N–H and O–H groups in total. The Morgan fingerprint density at radius 1 is 0.906 bits per heavy atom. The van der Waals surface area contributed by atoms with Crippen molar-refractivity contribution in [1.82, 2.24) is 0 Å². The molecule has 0 aliphatic heterocycles. The van der Waals surface area contributed by atoms with Gasteiger partial charge in [-0.2, -0.15) is 0 Å². The zero-order chi connectivity index (χ0) is 23.3. The summed E-state index contributed by atoms with van der Waals surface area (Å²) in [5.74, 6) is 0.949. The van der Waals surface area contributed by atoms with Gasteiger partial charge in [-0.25, -0.2) is 8.42 Å². The number of carbonyl (C=O) groups is 1. The van der Waals surface area contributed by atoms with Crippen molar-refractivity contribution < 1.29 is 27.4 Å². The first-order valence-electron chi connectivity index (χ1n) is 9.50. The highest BCUT2D eigenvalue weighted by molar-refractivity contribution is 7.92. The average molecular weight is 476 g/mol. The molecule has 3 aromatic rings. The maximum absolute atomic E-state index is 12.8. The largest absolute Gasteiger partial charge is 0.497 e. The van der Waals surface area contributed by atoms with Crippen molar-refractivity contribution in [2.24, 2.45) is 0 Å². The van der Waals surface area contributed by atoms with Gasteiger partial charge in [-0.05, 0) is 54.6 Å². The SMILES string of the molecule is COc1ccc(CC(=O)Oc2ccc(N(C)S(=O)(=O)c3ccc(Cl)cc3)cc2)c(OC)c1. The van der Waals surface area contributed by atoms with E-state index in [9.17, 15) is 13.2 Å². The Morgan fingerprint density at radius 3 is 2.12 bits per heavy atom. The van der Waals surface area contributed by atoms with Crippen LogP contribution in [-0.2, 0) is 21.2 Å². The zero-order valence-corrected chi connectivity index (χ0v) is 19.3. The molecule has 0 radical (unpaired) electrons. The maximum Gasteiger partial charge on any atom is 0.315 e. The molecule has 0 atom stereocenters. The molecule has 0 saturated heterocycles. The normalized spacial score (nSPS) is 11.0. The molecule has 0 saturated carbocycles. The fraction of sp³-hybridized carbons (Fsp3) is 0.174. The highest BCUT2D eigenvalue weighted by Gasteiger charge is 2.21. The number of carbonyl (C=O) groups excluding carboxylic acids is 1. The summed E-state index contributed by atoms with van der Waals surface area (Å²) < 4.78 is 42.6. The third-order valence-corrected chi connectivity index (χ3v) is 6.78. The molecule has 32 heavy (non-hydrogen) atoms. The first kappa shape index (κ1) is 23.4. The molecule has 0 aromatic heterocycles. The lowest BCUT2D eigenvalue weighted by Gasteiger charge is -2.19. The molecule has 0 spiro atoms. The molecule has 3 rings (SSSR count). The fourth-order valence-corrected chi connectivity index (χ4v) is 4.27. The van der Waals surface area contributed by atoms with E-state index in [2.05, 4.69) is 0 Å². The number of sulfonamides is 1. The van der Waals surface area contributed by atoms with Crippen LogP contribution in [0.1, 0.15) is 5.56 Å². The molecule has 9 heteroatoms. The quantitative estimate of drug-likeness (QED) is 0.356. The van der Waals surface area contributed by atoms with E-state index in [0.717, 1.165) is 4.31 Å². The van der Waals surface area contributed by atoms with Crippen molar-refractivity contribution in [3.63, 3.8) is 0 Å². The molecule has 7 nitrogen and oxygen atoms in total. The number of hydrogen-bond donors (Lipinski definition) is 0. The van der Waals surface area contributed by atoms with Gasteiger partial charge in [0.2, 0.25) is 0 Å². The number of halogens is 1. The van der Waals surface area contributed by atoms with Gasteiger partial charge < -0.3 is 14.2 Å². The van der Waals surface area contributed by atoms with E-state index in [1.807, 2.05) is 0 Å². The third-order valence-electron chi connectivity index (χ3n) is 4.73. The highest BCUT2D eigenvalue weighted by Crippen LogP contribution is 2.27. The van der Waals surface area contributed by atoms with Crippen LogP contribution in [0.2, 0.25) is 5.02 Å². The van der Waals surface area contributed by atoms with Gasteiger partial charge in [0.05, 0.1) is 31.2 Å². The summed E-state index contributed by atoms with van der Waals surface area (Å²) in [7, 11) is 0.746. The van der Waals surface area contributed by atoms with Gasteiger partial charge in [0.15, 0.2) is 0 Å². The summed E-state index contributed by atoms with van der Waals surface area (Å²) in [5, 5.41) is 0.449. The topological polar surface area (TPSA) is 82.1 Å². The monoisotopic (exact) mass is 475 g/mol. The molecular weight excluding hydrogens is 454 g/mol. The number of esters is 1. The molecule has 0 unspecified atom stereocenters. The molecule has 0 aliphatic carbocycles. The van der Waals surface area contributed by atoms with Gasteiger partial charge in [0.1, 0.15) is 17.2 Å². The first-order valence-corrected chi connectivity index (χ1v) is 11.3. The second-order valence-electron chi connectivity index (χ2n) is 6.75. The number of rotatable bonds is 8. The Hall–Kier alpha value is -3.23. The van der Waals surface area contributed by atoms with E-state index in [1.165, 1.54) is 50.6 Å². The lowest BCUT2D eigenvalue weighted by atomic mass is 10.1. The average Bonchev–Trinajstić information content (AvgIpc) is 2.79. The number of nitrogens with zero attached hydrogens (tertiary/aromatic N) is 1. The Balaban J connectivity index is 1.69. The van der Waals surface area contributed by atoms with Crippen molar-refractivity contribution >= 4 is 33.3 Å². The van der Waals surface area contributed by atoms with Crippen molar-refractivity contribution in [3.05, 3.63) is 77.3 Å². The van der Waals surface area contributed by atoms with Gasteiger partial charge >= 0.3 is 5.97 Å². The van der Waals surface area contributed by atoms with Crippen LogP contribution >= 0.6 is 11.6 Å². The van der Waals surface area contributed by atoms with E-state index in [1.54, 1.807) is 37.4 Å². The van der Waals surface area contributed by atoms with Crippen LogP contribution in [0.15, 0.2) is 71.6 Å². The predicted molar refractivity (Wildman–Crippen MR) is 122 cm³/mol. The summed E-state index contributed by atoms with van der Waals surface area (Å²) in [6, 6.07) is 17.3. The number of benzene rings is 3. The minimum atomic E-state index is -3.76. The first-order chi connectivity index (χ1) is 15.2. The Kier molecular flexibility index (Phi) is 7.27. The van der Waals surface area contributed by atoms with E-state index in [4.69, 9.17) is 25.8 Å². The fourth-order valence-electron chi connectivity index (χ4n) is 2.95. The van der Waals surface area contributed by atoms with Crippen LogP contribution < -0.4 is 18.5 Å². The number of hydrogen-bond acceptors (Lipinski definition) is 6. The van der Waals surface area contributed by atoms with Crippen molar-refractivity contribution in [1.29, 1.82) is 0 Å². The summed E-state index contributed by atoms with van der Waals surface area (Å²) >= 11 is 5.84. The van der Waals surface area contributed by atoms with Crippen molar-refractivity contribution in [3.8, 4) is 17.2 Å². The molecule has 0 amide bonds. The molecule has 168 valence electrons. The third kappa shape index (κ3) is 5.33. The van der Waals surface area contributed by atoms with Crippen LogP contribution in [0.3, 0.4) is 0 Å². The maximum atomic E-state index is 12.8. The molecule has 0 bridgehead atoms. The van der Waals surface area contributed by atoms with Crippen LogP contribution in [-0.4, -0.2) is 35.7 Å². The van der Waals surface area contributed by atoms with E-state index < -0.39 is 16.0 Å². The summed E-state index contributed by atoms with van der Waals surface area (Å²) in [6.45, 7) is 0. The van der Waals surface area contributed by atoms with Gasteiger partial charge in [0, 0.05) is 23.7 Å². The van der Waals surface area contributed by atoms with Crippen LogP contribution in [0.4, 0.5) is 5.69 Å². The molecule has 3 aromatic carbocycles. The van der Waals surface area contributed by atoms with E-state index in [-0.39, 0.29) is 11.3 Å². The second-order valence-corrected chi connectivity index (χ2v) is 9.15.